The summed E-state index contributed by atoms with van der Waals surface area (Å²) in [6.45, 7) is 2.58. The normalized spacial score (nSPS) is 10.6. The lowest BCUT2D eigenvalue weighted by Crippen LogP contribution is -1.99. The molecule has 0 amide bonds. The molecule has 0 spiro atoms. The number of nitrogens with zero attached hydrogens (tertiary/aromatic N) is 2. The van der Waals surface area contributed by atoms with Gasteiger partial charge in [-0.3, -0.25) is 0 Å². The standard InChI is InChI=1S/C13H14Cl2N2O3/c1-3-4-19-12-9(15)5-8(6-10(12)18-2)13-16-11(7-14)20-17-13/h5-6H,3-4,7H2,1-2H3. The minimum atomic E-state index is 0.162. The highest BCUT2D eigenvalue weighted by Gasteiger charge is 2.16. The van der Waals surface area contributed by atoms with Crippen LogP contribution in [0.1, 0.15) is 19.2 Å². The van der Waals surface area contributed by atoms with Crippen LogP contribution in [0.4, 0.5) is 0 Å². The fourth-order valence-corrected chi connectivity index (χ4v) is 1.99. The van der Waals surface area contributed by atoms with Gasteiger partial charge in [-0.25, -0.2) is 0 Å². The Hall–Kier alpha value is -1.46. The van der Waals surface area contributed by atoms with Gasteiger partial charge in [-0.05, 0) is 18.6 Å². The van der Waals surface area contributed by atoms with Crippen molar-refractivity contribution in [2.75, 3.05) is 13.7 Å². The molecule has 1 heterocycles. The molecule has 1 aromatic heterocycles. The summed E-state index contributed by atoms with van der Waals surface area (Å²) in [7, 11) is 1.55. The van der Waals surface area contributed by atoms with Crippen molar-refractivity contribution in [3.63, 3.8) is 0 Å². The Morgan fingerprint density at radius 1 is 1.35 bits per heavy atom. The Morgan fingerprint density at radius 2 is 2.15 bits per heavy atom. The number of aromatic nitrogens is 2. The minimum Gasteiger partial charge on any atom is -0.493 e. The molecule has 7 heteroatoms. The molecule has 1 aromatic carbocycles. The molecular formula is C13H14Cl2N2O3. The predicted octanol–water partition coefficient (Wildman–Crippen LogP) is 3.93. The second-order valence-electron chi connectivity index (χ2n) is 3.98. The van der Waals surface area contributed by atoms with Gasteiger partial charge in [-0.15, -0.1) is 11.6 Å². The lowest BCUT2D eigenvalue weighted by atomic mass is 10.2. The predicted molar refractivity (Wildman–Crippen MR) is 76.6 cm³/mol. The number of benzene rings is 1. The number of halogens is 2. The summed E-state index contributed by atoms with van der Waals surface area (Å²) in [6, 6.07) is 3.46. The highest BCUT2D eigenvalue weighted by atomic mass is 35.5. The van der Waals surface area contributed by atoms with Crippen LogP contribution in [-0.4, -0.2) is 23.9 Å². The molecule has 20 heavy (non-hydrogen) atoms. The van der Waals surface area contributed by atoms with E-state index in [9.17, 15) is 0 Å². The smallest absolute Gasteiger partial charge is 0.241 e. The van der Waals surface area contributed by atoms with Gasteiger partial charge in [0.15, 0.2) is 11.5 Å². The Bertz CT molecular complexity index is 587. The molecule has 0 radical (unpaired) electrons. The van der Waals surface area contributed by atoms with Crippen LogP contribution < -0.4 is 9.47 Å². The monoisotopic (exact) mass is 316 g/mol. The van der Waals surface area contributed by atoms with Crippen LogP contribution in [0.5, 0.6) is 11.5 Å². The van der Waals surface area contributed by atoms with Crippen LogP contribution in [0.2, 0.25) is 5.02 Å². The van der Waals surface area contributed by atoms with E-state index in [4.69, 9.17) is 37.2 Å². The summed E-state index contributed by atoms with van der Waals surface area (Å²) in [5.41, 5.74) is 0.677. The first-order valence-electron chi connectivity index (χ1n) is 6.08. The van der Waals surface area contributed by atoms with Crippen LogP contribution in [0, 0.1) is 0 Å². The largest absolute Gasteiger partial charge is 0.493 e. The van der Waals surface area contributed by atoms with E-state index in [2.05, 4.69) is 10.1 Å². The first kappa shape index (κ1) is 14.9. The van der Waals surface area contributed by atoms with Gasteiger partial charge in [0.05, 0.1) is 18.7 Å². The van der Waals surface area contributed by atoms with Gasteiger partial charge in [-0.1, -0.05) is 23.7 Å². The second-order valence-corrected chi connectivity index (χ2v) is 4.66. The summed E-state index contributed by atoms with van der Waals surface area (Å²) < 4.78 is 15.8. The summed E-state index contributed by atoms with van der Waals surface area (Å²) >= 11 is 11.9. The molecule has 0 saturated heterocycles. The van der Waals surface area contributed by atoms with Crippen LogP contribution in [-0.2, 0) is 5.88 Å². The van der Waals surface area contributed by atoms with Crippen LogP contribution in [0.3, 0.4) is 0 Å². The fourth-order valence-electron chi connectivity index (χ4n) is 1.62. The topological polar surface area (TPSA) is 57.4 Å². The van der Waals surface area contributed by atoms with Crippen LogP contribution in [0.25, 0.3) is 11.4 Å². The van der Waals surface area contributed by atoms with Crippen LogP contribution in [0.15, 0.2) is 16.7 Å². The van der Waals surface area contributed by atoms with Gasteiger partial charge in [-0.2, -0.15) is 4.98 Å². The van der Waals surface area contributed by atoms with Crippen molar-refractivity contribution in [1.82, 2.24) is 10.1 Å². The average molecular weight is 317 g/mol. The van der Waals surface area contributed by atoms with Gasteiger partial charge >= 0.3 is 0 Å². The highest BCUT2D eigenvalue weighted by molar-refractivity contribution is 6.32. The molecular weight excluding hydrogens is 303 g/mol. The summed E-state index contributed by atoms with van der Waals surface area (Å²) in [5, 5.41) is 4.28. The first-order chi connectivity index (χ1) is 9.69. The minimum absolute atomic E-state index is 0.162. The molecule has 2 aromatic rings. The maximum Gasteiger partial charge on any atom is 0.241 e. The summed E-state index contributed by atoms with van der Waals surface area (Å²) in [6.07, 6.45) is 0.880. The zero-order valence-electron chi connectivity index (χ0n) is 11.2. The number of hydrogen-bond acceptors (Lipinski definition) is 5. The van der Waals surface area contributed by atoms with E-state index in [0.29, 0.717) is 40.4 Å². The molecule has 0 saturated carbocycles. The zero-order chi connectivity index (χ0) is 14.5. The number of alkyl halides is 1. The van der Waals surface area contributed by atoms with Crippen molar-refractivity contribution in [3.05, 3.63) is 23.0 Å². The molecule has 0 bridgehead atoms. The number of methoxy groups -OCH3 is 1. The maximum absolute atomic E-state index is 6.22. The van der Waals surface area contributed by atoms with Crippen molar-refractivity contribution in [3.8, 4) is 22.9 Å². The van der Waals surface area contributed by atoms with Crippen molar-refractivity contribution in [1.29, 1.82) is 0 Å². The number of hydrogen-bond donors (Lipinski definition) is 0. The van der Waals surface area contributed by atoms with E-state index < -0.39 is 0 Å². The third-order valence-corrected chi connectivity index (χ3v) is 3.03. The van der Waals surface area contributed by atoms with E-state index in [1.54, 1.807) is 19.2 Å². The second kappa shape index (κ2) is 6.81. The van der Waals surface area contributed by atoms with Crippen molar-refractivity contribution in [2.24, 2.45) is 0 Å². The van der Waals surface area contributed by atoms with E-state index in [0.717, 1.165) is 6.42 Å². The van der Waals surface area contributed by atoms with Crippen molar-refractivity contribution in [2.45, 2.75) is 19.2 Å². The van der Waals surface area contributed by atoms with Gasteiger partial charge in [0.1, 0.15) is 5.88 Å². The van der Waals surface area contributed by atoms with Crippen molar-refractivity contribution < 1.29 is 14.0 Å². The molecule has 0 aliphatic rings. The maximum atomic E-state index is 6.22. The van der Waals surface area contributed by atoms with E-state index in [-0.39, 0.29) is 5.88 Å². The number of ether oxygens (including phenoxy) is 2. The van der Waals surface area contributed by atoms with Crippen molar-refractivity contribution >= 4 is 23.2 Å². The molecule has 2 rings (SSSR count). The molecule has 0 aliphatic heterocycles. The third kappa shape index (κ3) is 3.16. The zero-order valence-corrected chi connectivity index (χ0v) is 12.7. The SMILES string of the molecule is CCCOc1c(Cl)cc(-c2noc(CCl)n2)cc1OC. The summed E-state index contributed by atoms with van der Waals surface area (Å²) in [4.78, 5) is 4.14. The molecule has 0 atom stereocenters. The molecule has 108 valence electrons. The molecule has 0 unspecified atom stereocenters. The average Bonchev–Trinajstić information content (AvgIpc) is 2.94. The van der Waals surface area contributed by atoms with E-state index in [1.807, 2.05) is 6.92 Å². The van der Waals surface area contributed by atoms with Gasteiger partial charge in [0.2, 0.25) is 11.7 Å². The Balaban J connectivity index is 2.38. The van der Waals surface area contributed by atoms with Gasteiger partial charge in [0, 0.05) is 5.56 Å². The van der Waals surface area contributed by atoms with E-state index in [1.165, 1.54) is 0 Å². The van der Waals surface area contributed by atoms with Gasteiger partial charge < -0.3 is 14.0 Å². The van der Waals surface area contributed by atoms with Crippen LogP contribution >= 0.6 is 23.2 Å². The molecule has 0 fully saturated rings. The Labute approximate surface area is 126 Å². The Kier molecular flexibility index (Phi) is 5.09. The highest BCUT2D eigenvalue weighted by Crippen LogP contribution is 2.39. The van der Waals surface area contributed by atoms with Gasteiger partial charge in [0.25, 0.3) is 0 Å². The summed E-state index contributed by atoms with van der Waals surface area (Å²) in [5.74, 6) is 1.96. The third-order valence-electron chi connectivity index (χ3n) is 2.52. The first-order valence-corrected chi connectivity index (χ1v) is 7.00. The fraction of sp³-hybridized carbons (Fsp3) is 0.385. The molecule has 5 nitrogen and oxygen atoms in total. The van der Waals surface area contributed by atoms with E-state index >= 15 is 0 Å². The molecule has 0 N–H and O–H groups in total. The molecule has 0 aliphatic carbocycles. The lowest BCUT2D eigenvalue weighted by molar-refractivity contribution is 0.294. The number of rotatable bonds is 6. The Morgan fingerprint density at radius 3 is 2.75 bits per heavy atom. The lowest BCUT2D eigenvalue weighted by Gasteiger charge is -2.12. The quantitative estimate of drug-likeness (QED) is 0.756.